The zero-order chi connectivity index (χ0) is 27.2. The molecule has 4 rings (SSSR count). The van der Waals surface area contributed by atoms with Crippen molar-refractivity contribution in [1.82, 2.24) is 30.4 Å². The summed E-state index contributed by atoms with van der Waals surface area (Å²) in [5.74, 6) is 0.677. The van der Waals surface area contributed by atoms with Gasteiger partial charge in [-0.05, 0) is 45.7 Å². The number of benzene rings is 1. The standard InChI is InChI=1S/C28H45N9O/c1-5-22-18-36(27-20(3)33-24(25(29)34-27)28(38)32-13-12-31-4)16-17-37(22)23-10-14-35(15-11-23)26(30)21-8-6-19(2)7-9-21/h6-9,22-23,26,31H,5,10-18,30H2,1-4H3,(H2,29,34)(H,32,38). The summed E-state index contributed by atoms with van der Waals surface area (Å²) >= 11 is 0. The molecule has 3 heterocycles. The number of rotatable bonds is 9. The van der Waals surface area contributed by atoms with Gasteiger partial charge in [-0.1, -0.05) is 36.8 Å². The van der Waals surface area contributed by atoms with Crippen LogP contribution >= 0.6 is 0 Å². The number of amides is 1. The number of nitrogens with two attached hydrogens (primary N) is 2. The van der Waals surface area contributed by atoms with Gasteiger partial charge in [0.1, 0.15) is 0 Å². The van der Waals surface area contributed by atoms with Crippen molar-refractivity contribution < 1.29 is 4.79 Å². The number of carbonyl (C=O) groups is 1. The number of aromatic nitrogens is 2. The lowest BCUT2D eigenvalue weighted by atomic mass is 9.97. The van der Waals surface area contributed by atoms with E-state index in [1.54, 1.807) is 0 Å². The number of carbonyl (C=O) groups excluding carboxylic acids is 1. The number of likely N-dealkylation sites (tertiary alicyclic amines) is 1. The van der Waals surface area contributed by atoms with E-state index in [1.807, 2.05) is 14.0 Å². The molecule has 0 spiro atoms. The van der Waals surface area contributed by atoms with E-state index >= 15 is 0 Å². The second kappa shape index (κ2) is 12.8. The van der Waals surface area contributed by atoms with Crippen molar-refractivity contribution in [2.45, 2.75) is 58.3 Å². The first-order valence-corrected chi connectivity index (χ1v) is 14.0. The van der Waals surface area contributed by atoms with Crippen LogP contribution in [0, 0.1) is 13.8 Å². The first-order valence-electron chi connectivity index (χ1n) is 14.0. The summed E-state index contributed by atoms with van der Waals surface area (Å²) < 4.78 is 0. The molecule has 2 aromatic rings. The lowest BCUT2D eigenvalue weighted by Crippen LogP contribution is -2.59. The molecule has 1 aromatic carbocycles. The molecule has 0 saturated carbocycles. The number of nitrogen functional groups attached to an aromatic ring is 1. The van der Waals surface area contributed by atoms with Crippen molar-refractivity contribution in [3.63, 3.8) is 0 Å². The quantitative estimate of drug-likeness (QED) is 0.363. The average molecular weight is 524 g/mol. The maximum Gasteiger partial charge on any atom is 0.273 e. The molecule has 10 nitrogen and oxygen atoms in total. The van der Waals surface area contributed by atoms with Crippen molar-refractivity contribution in [2.24, 2.45) is 5.73 Å². The Bertz CT molecular complexity index is 1070. The smallest absolute Gasteiger partial charge is 0.273 e. The van der Waals surface area contributed by atoms with E-state index in [0.29, 0.717) is 25.2 Å². The topological polar surface area (TPSA) is 129 Å². The molecule has 1 amide bonds. The number of anilines is 2. The van der Waals surface area contributed by atoms with Crippen LogP contribution in [0.3, 0.4) is 0 Å². The molecule has 6 N–H and O–H groups in total. The van der Waals surface area contributed by atoms with Crippen LogP contribution in [0.1, 0.15) is 59.7 Å². The van der Waals surface area contributed by atoms with Crippen LogP contribution in [0.4, 0.5) is 11.6 Å². The Morgan fingerprint density at radius 2 is 1.79 bits per heavy atom. The van der Waals surface area contributed by atoms with E-state index in [2.05, 4.69) is 73.4 Å². The van der Waals surface area contributed by atoms with Crippen LogP contribution < -0.4 is 27.0 Å². The fraction of sp³-hybridized carbons (Fsp3) is 0.607. The van der Waals surface area contributed by atoms with E-state index in [9.17, 15) is 4.79 Å². The van der Waals surface area contributed by atoms with Gasteiger partial charge in [0.05, 0.1) is 11.9 Å². The summed E-state index contributed by atoms with van der Waals surface area (Å²) in [6.07, 6.45) is 3.27. The van der Waals surface area contributed by atoms with Crippen molar-refractivity contribution >= 4 is 17.5 Å². The van der Waals surface area contributed by atoms with Crippen LogP contribution in [0.15, 0.2) is 24.3 Å². The van der Waals surface area contributed by atoms with E-state index in [-0.39, 0.29) is 23.6 Å². The number of piperidine rings is 1. The third-order valence-corrected chi connectivity index (χ3v) is 8.03. The molecule has 1 aromatic heterocycles. The zero-order valence-electron chi connectivity index (χ0n) is 23.4. The van der Waals surface area contributed by atoms with Crippen molar-refractivity contribution in [2.75, 3.05) is 63.5 Å². The molecule has 2 unspecified atom stereocenters. The normalized spacial score (nSPS) is 20.4. The SMILES string of the molecule is CCC1CN(c2nc(N)c(C(=O)NCCNC)nc2C)CCN1C1CCN(C(N)c2ccc(C)cc2)CC1. The minimum absolute atomic E-state index is 0.0456. The fourth-order valence-electron chi connectivity index (χ4n) is 5.75. The van der Waals surface area contributed by atoms with Crippen molar-refractivity contribution in [1.29, 1.82) is 0 Å². The molecule has 2 fully saturated rings. The van der Waals surface area contributed by atoms with E-state index in [4.69, 9.17) is 11.5 Å². The molecule has 0 aliphatic carbocycles. The number of nitrogens with zero attached hydrogens (tertiary/aromatic N) is 5. The Kier molecular flexibility index (Phi) is 9.54. The van der Waals surface area contributed by atoms with E-state index < -0.39 is 0 Å². The third kappa shape index (κ3) is 6.43. The van der Waals surface area contributed by atoms with Crippen LogP contribution in [-0.4, -0.2) is 90.6 Å². The van der Waals surface area contributed by atoms with Gasteiger partial charge in [0.15, 0.2) is 17.3 Å². The maximum absolute atomic E-state index is 12.5. The monoisotopic (exact) mass is 523 g/mol. The van der Waals surface area contributed by atoms with Gasteiger partial charge in [0, 0.05) is 57.9 Å². The molecule has 2 saturated heterocycles. The highest BCUT2D eigenvalue weighted by Crippen LogP contribution is 2.29. The van der Waals surface area contributed by atoms with Crippen molar-refractivity contribution in [3.8, 4) is 0 Å². The predicted octanol–water partition coefficient (Wildman–Crippen LogP) is 1.65. The average Bonchev–Trinajstić information content (AvgIpc) is 2.94. The third-order valence-electron chi connectivity index (χ3n) is 8.03. The number of piperazine rings is 1. The number of hydrogen-bond acceptors (Lipinski definition) is 9. The van der Waals surface area contributed by atoms with Gasteiger partial charge in [-0.3, -0.25) is 14.6 Å². The van der Waals surface area contributed by atoms with Crippen LogP contribution in [-0.2, 0) is 0 Å². The van der Waals surface area contributed by atoms with Gasteiger partial charge in [-0.25, -0.2) is 9.97 Å². The highest BCUT2D eigenvalue weighted by molar-refractivity contribution is 5.96. The molecular formula is C28H45N9O. The van der Waals surface area contributed by atoms with Crippen LogP contribution in [0.2, 0.25) is 0 Å². The van der Waals surface area contributed by atoms with Gasteiger partial charge >= 0.3 is 0 Å². The predicted molar refractivity (Wildman–Crippen MR) is 153 cm³/mol. The van der Waals surface area contributed by atoms with Gasteiger partial charge in [-0.2, -0.15) is 0 Å². The second-order valence-electron chi connectivity index (χ2n) is 10.6. The summed E-state index contributed by atoms with van der Waals surface area (Å²) in [5.41, 5.74) is 16.2. The van der Waals surface area contributed by atoms with Gasteiger partial charge in [0.2, 0.25) is 0 Å². The number of hydrogen-bond donors (Lipinski definition) is 4. The molecule has 0 radical (unpaired) electrons. The number of aryl methyl sites for hydroxylation is 2. The zero-order valence-corrected chi connectivity index (χ0v) is 23.4. The van der Waals surface area contributed by atoms with Gasteiger partial charge in [-0.15, -0.1) is 0 Å². The minimum atomic E-state index is -0.287. The first-order chi connectivity index (χ1) is 18.3. The Morgan fingerprint density at radius 1 is 1.08 bits per heavy atom. The van der Waals surface area contributed by atoms with E-state index in [1.165, 1.54) is 11.1 Å². The van der Waals surface area contributed by atoms with Crippen LogP contribution in [0.5, 0.6) is 0 Å². The molecule has 2 aliphatic rings. The molecule has 38 heavy (non-hydrogen) atoms. The van der Waals surface area contributed by atoms with Gasteiger partial charge in [0.25, 0.3) is 5.91 Å². The fourth-order valence-corrected chi connectivity index (χ4v) is 5.75. The largest absolute Gasteiger partial charge is 0.382 e. The Labute approximate surface area is 227 Å². The summed E-state index contributed by atoms with van der Waals surface area (Å²) in [4.78, 5) is 29.1. The highest BCUT2D eigenvalue weighted by atomic mass is 16.1. The Balaban J connectivity index is 1.36. The highest BCUT2D eigenvalue weighted by Gasteiger charge is 2.35. The molecule has 2 atom stereocenters. The number of likely N-dealkylation sites (N-methyl/N-ethyl adjacent to an activating group) is 1. The lowest BCUT2D eigenvalue weighted by Gasteiger charge is -2.48. The van der Waals surface area contributed by atoms with Crippen LogP contribution in [0.25, 0.3) is 0 Å². The summed E-state index contributed by atoms with van der Waals surface area (Å²) in [7, 11) is 1.84. The first kappa shape index (κ1) is 28.2. The maximum atomic E-state index is 12.5. The molecule has 10 heteroatoms. The summed E-state index contributed by atoms with van der Waals surface area (Å²) in [6, 6.07) is 9.57. The minimum Gasteiger partial charge on any atom is -0.382 e. The summed E-state index contributed by atoms with van der Waals surface area (Å²) in [6.45, 7) is 12.2. The summed E-state index contributed by atoms with van der Waals surface area (Å²) in [5, 5.41) is 5.84. The number of nitrogens with one attached hydrogen (secondary N) is 2. The van der Waals surface area contributed by atoms with Crippen molar-refractivity contribution in [3.05, 3.63) is 46.8 Å². The lowest BCUT2D eigenvalue weighted by molar-refractivity contribution is 0.0496. The molecule has 2 aliphatic heterocycles. The molecule has 208 valence electrons. The van der Waals surface area contributed by atoms with Gasteiger partial charge < -0.3 is 27.0 Å². The Morgan fingerprint density at radius 3 is 2.45 bits per heavy atom. The second-order valence-corrected chi connectivity index (χ2v) is 10.6. The molecular weight excluding hydrogens is 478 g/mol. The Hall–Kier alpha value is -2.79. The molecule has 0 bridgehead atoms. The van der Waals surface area contributed by atoms with E-state index in [0.717, 1.165) is 63.5 Å².